The van der Waals surface area contributed by atoms with E-state index in [0.29, 0.717) is 5.75 Å². The van der Waals surface area contributed by atoms with Crippen LogP contribution in [0, 0.1) is 0 Å². The largest absolute Gasteiger partial charge is 0.497 e. The fraction of sp³-hybridized carbons (Fsp3) is 0.421. The number of amides is 1. The molecule has 1 amide bonds. The first-order valence-electron chi connectivity index (χ1n) is 8.34. The van der Waals surface area contributed by atoms with E-state index in [1.54, 1.807) is 7.11 Å². The molecule has 2 rings (SSSR count). The van der Waals surface area contributed by atoms with Crippen LogP contribution in [0.25, 0.3) is 11.3 Å². The van der Waals surface area contributed by atoms with Crippen LogP contribution in [0.1, 0.15) is 27.7 Å². The van der Waals surface area contributed by atoms with Gasteiger partial charge in [0.25, 0.3) is 0 Å². The van der Waals surface area contributed by atoms with Crippen LogP contribution in [-0.4, -0.2) is 46.0 Å². The number of carbonyl (C=O) groups excluding carboxylic acids is 1. The van der Waals surface area contributed by atoms with E-state index >= 15 is 0 Å². The van der Waals surface area contributed by atoms with E-state index in [1.165, 1.54) is 11.8 Å². The van der Waals surface area contributed by atoms with Crippen molar-refractivity contribution < 1.29 is 9.53 Å². The molecule has 0 atom stereocenters. The van der Waals surface area contributed by atoms with Crippen LogP contribution in [0.5, 0.6) is 5.75 Å². The van der Waals surface area contributed by atoms with Crippen LogP contribution in [0.3, 0.4) is 0 Å². The number of hydrogen-bond donors (Lipinski definition) is 0. The van der Waals surface area contributed by atoms with Gasteiger partial charge in [-0.1, -0.05) is 11.8 Å². The van der Waals surface area contributed by atoms with Crippen molar-refractivity contribution in [1.29, 1.82) is 0 Å². The zero-order valence-electron chi connectivity index (χ0n) is 15.4. The Hall–Kier alpha value is -2.08. The average Bonchev–Trinajstić information content (AvgIpc) is 2.60. The van der Waals surface area contributed by atoms with E-state index < -0.39 is 0 Å². The lowest BCUT2D eigenvalue weighted by Crippen LogP contribution is -2.43. The predicted molar refractivity (Wildman–Crippen MR) is 102 cm³/mol. The summed E-state index contributed by atoms with van der Waals surface area (Å²) in [5.41, 5.74) is 1.77. The Bertz CT molecular complexity index is 677. The molecule has 2 aromatic rings. The summed E-state index contributed by atoms with van der Waals surface area (Å²) in [6.07, 6.45) is 0. The zero-order chi connectivity index (χ0) is 18.4. The van der Waals surface area contributed by atoms with Gasteiger partial charge in [0.15, 0.2) is 0 Å². The van der Waals surface area contributed by atoms with Gasteiger partial charge in [-0.3, -0.25) is 4.79 Å². The molecular weight excluding hydrogens is 334 g/mol. The highest BCUT2D eigenvalue weighted by Crippen LogP contribution is 2.22. The average molecular weight is 359 g/mol. The quantitative estimate of drug-likeness (QED) is 0.702. The number of benzene rings is 1. The first-order chi connectivity index (χ1) is 11.9. The summed E-state index contributed by atoms with van der Waals surface area (Å²) >= 11 is 1.42. The van der Waals surface area contributed by atoms with Gasteiger partial charge in [-0.15, -0.1) is 10.2 Å². The number of methoxy groups -OCH3 is 1. The topological polar surface area (TPSA) is 55.3 Å². The Kier molecular flexibility index (Phi) is 6.82. The van der Waals surface area contributed by atoms with Crippen molar-refractivity contribution in [2.45, 2.75) is 44.8 Å². The lowest BCUT2D eigenvalue weighted by atomic mass is 10.1. The molecule has 1 heterocycles. The Morgan fingerprint density at radius 3 is 2.16 bits per heavy atom. The molecule has 1 aromatic carbocycles. The van der Waals surface area contributed by atoms with E-state index in [2.05, 4.69) is 10.2 Å². The van der Waals surface area contributed by atoms with Crippen LogP contribution in [0.2, 0.25) is 0 Å². The van der Waals surface area contributed by atoms with E-state index in [0.717, 1.165) is 22.0 Å². The van der Waals surface area contributed by atoms with E-state index in [4.69, 9.17) is 4.74 Å². The minimum atomic E-state index is 0.121. The second-order valence-corrected chi connectivity index (χ2v) is 7.26. The van der Waals surface area contributed by atoms with Crippen LogP contribution < -0.4 is 4.74 Å². The lowest BCUT2D eigenvalue weighted by Gasteiger charge is -2.30. The van der Waals surface area contributed by atoms with Crippen molar-refractivity contribution >= 4 is 17.7 Å². The SMILES string of the molecule is COc1ccc(-c2ccc(SCC(=O)N(C(C)C)C(C)C)nn2)cc1. The van der Waals surface area contributed by atoms with Gasteiger partial charge >= 0.3 is 0 Å². The zero-order valence-corrected chi connectivity index (χ0v) is 16.2. The molecule has 0 saturated heterocycles. The third-order valence-corrected chi connectivity index (χ3v) is 4.67. The van der Waals surface area contributed by atoms with Gasteiger partial charge in [0.2, 0.25) is 5.91 Å². The number of rotatable bonds is 7. The van der Waals surface area contributed by atoms with Crippen molar-refractivity contribution in [1.82, 2.24) is 15.1 Å². The minimum Gasteiger partial charge on any atom is -0.497 e. The Labute approximate surface area is 153 Å². The van der Waals surface area contributed by atoms with E-state index in [-0.39, 0.29) is 18.0 Å². The van der Waals surface area contributed by atoms with Crippen LogP contribution >= 0.6 is 11.8 Å². The lowest BCUT2D eigenvalue weighted by molar-refractivity contribution is -0.131. The second-order valence-electron chi connectivity index (χ2n) is 6.26. The molecule has 0 aliphatic rings. The van der Waals surface area contributed by atoms with Gasteiger partial charge in [-0.2, -0.15) is 0 Å². The molecule has 0 saturated carbocycles. The van der Waals surface area contributed by atoms with Gasteiger partial charge in [0.05, 0.1) is 18.6 Å². The van der Waals surface area contributed by atoms with Crippen molar-refractivity contribution in [3.8, 4) is 17.0 Å². The highest BCUT2D eigenvalue weighted by molar-refractivity contribution is 7.99. The van der Waals surface area contributed by atoms with Gasteiger partial charge in [-0.25, -0.2) is 0 Å². The number of aromatic nitrogens is 2. The molecule has 0 N–H and O–H groups in total. The van der Waals surface area contributed by atoms with E-state index in [9.17, 15) is 4.79 Å². The number of nitrogens with zero attached hydrogens (tertiary/aromatic N) is 3. The highest BCUT2D eigenvalue weighted by Gasteiger charge is 2.20. The van der Waals surface area contributed by atoms with Gasteiger partial charge in [0.1, 0.15) is 10.8 Å². The molecule has 1 aromatic heterocycles. The van der Waals surface area contributed by atoms with Crippen LogP contribution in [0.4, 0.5) is 0 Å². The van der Waals surface area contributed by atoms with Gasteiger partial charge < -0.3 is 9.64 Å². The molecule has 0 spiro atoms. The fourth-order valence-electron chi connectivity index (χ4n) is 2.70. The summed E-state index contributed by atoms with van der Waals surface area (Å²) in [6, 6.07) is 11.9. The molecule has 134 valence electrons. The van der Waals surface area contributed by atoms with Crippen molar-refractivity contribution in [3.63, 3.8) is 0 Å². The van der Waals surface area contributed by atoms with Gasteiger partial charge in [-0.05, 0) is 64.1 Å². The first kappa shape index (κ1) is 19.2. The van der Waals surface area contributed by atoms with Crippen molar-refractivity contribution in [2.75, 3.05) is 12.9 Å². The molecule has 6 heteroatoms. The summed E-state index contributed by atoms with van der Waals surface area (Å²) < 4.78 is 5.16. The molecule has 0 bridgehead atoms. The smallest absolute Gasteiger partial charge is 0.233 e. The summed E-state index contributed by atoms with van der Waals surface area (Å²) in [5, 5.41) is 9.24. The Morgan fingerprint density at radius 2 is 1.68 bits per heavy atom. The maximum atomic E-state index is 12.4. The number of carbonyl (C=O) groups is 1. The number of ether oxygens (including phenoxy) is 1. The van der Waals surface area contributed by atoms with Gasteiger partial charge in [0, 0.05) is 17.6 Å². The maximum absolute atomic E-state index is 12.4. The standard InChI is InChI=1S/C19H25N3O2S/c1-13(2)22(14(3)4)19(23)12-25-18-11-10-17(20-21-18)15-6-8-16(24-5)9-7-15/h6-11,13-14H,12H2,1-5H3. The molecular formula is C19H25N3O2S. The molecule has 0 fully saturated rings. The van der Waals surface area contributed by atoms with Crippen molar-refractivity contribution in [3.05, 3.63) is 36.4 Å². The second kappa shape index (κ2) is 8.85. The molecule has 0 radical (unpaired) electrons. The number of hydrogen-bond acceptors (Lipinski definition) is 5. The number of thioether (sulfide) groups is 1. The van der Waals surface area contributed by atoms with Crippen LogP contribution in [-0.2, 0) is 4.79 Å². The summed E-state index contributed by atoms with van der Waals surface area (Å²) in [6.45, 7) is 8.14. The summed E-state index contributed by atoms with van der Waals surface area (Å²) in [5.74, 6) is 1.30. The third-order valence-electron chi connectivity index (χ3n) is 3.77. The third kappa shape index (κ3) is 5.19. The molecule has 0 aliphatic carbocycles. The summed E-state index contributed by atoms with van der Waals surface area (Å²) in [7, 11) is 1.64. The molecule has 0 aliphatic heterocycles. The predicted octanol–water partition coefficient (Wildman–Crippen LogP) is 3.89. The van der Waals surface area contributed by atoms with Crippen LogP contribution in [0.15, 0.2) is 41.4 Å². The Balaban J connectivity index is 1.99. The molecule has 25 heavy (non-hydrogen) atoms. The Morgan fingerprint density at radius 1 is 1.04 bits per heavy atom. The monoisotopic (exact) mass is 359 g/mol. The molecule has 5 nitrogen and oxygen atoms in total. The maximum Gasteiger partial charge on any atom is 0.233 e. The highest BCUT2D eigenvalue weighted by atomic mass is 32.2. The molecule has 0 unspecified atom stereocenters. The van der Waals surface area contributed by atoms with Crippen molar-refractivity contribution in [2.24, 2.45) is 0 Å². The summed E-state index contributed by atoms with van der Waals surface area (Å²) in [4.78, 5) is 14.3. The first-order valence-corrected chi connectivity index (χ1v) is 9.33. The minimum absolute atomic E-state index is 0.121. The van der Waals surface area contributed by atoms with E-state index in [1.807, 2.05) is 69.0 Å². The normalized spacial score (nSPS) is 11.0. The fourth-order valence-corrected chi connectivity index (χ4v) is 3.38.